The second kappa shape index (κ2) is 10.4. The van der Waals surface area contributed by atoms with Gasteiger partial charge in [-0.25, -0.2) is 4.98 Å². The van der Waals surface area contributed by atoms with Crippen LogP contribution in [0.25, 0.3) is 55.3 Å². The summed E-state index contributed by atoms with van der Waals surface area (Å²) in [7, 11) is 0. The minimum absolute atomic E-state index is 1.01. The van der Waals surface area contributed by atoms with Crippen molar-refractivity contribution < 1.29 is 0 Å². The lowest BCUT2D eigenvalue weighted by atomic mass is 10.1. The van der Waals surface area contributed by atoms with E-state index in [1.807, 2.05) is 0 Å². The van der Waals surface area contributed by atoms with Crippen molar-refractivity contribution in [3.05, 3.63) is 158 Å². The van der Waals surface area contributed by atoms with Crippen LogP contribution in [0.4, 0.5) is 17.1 Å². The number of pyridine rings is 1. The Morgan fingerprint density at radius 1 is 0.511 bits per heavy atom. The predicted molar refractivity (Wildman–Crippen MR) is 189 cm³/mol. The number of hydrogen-bond donors (Lipinski definition) is 0. The number of para-hydroxylation sites is 4. The minimum atomic E-state index is 1.01. The lowest BCUT2D eigenvalue weighted by Gasteiger charge is -2.25. The highest BCUT2D eigenvalue weighted by molar-refractivity contribution is 6.15. The van der Waals surface area contributed by atoms with E-state index in [0.717, 1.165) is 68.6 Å². The molecule has 0 bridgehead atoms. The predicted octanol–water partition coefficient (Wildman–Crippen LogP) is 10.9. The van der Waals surface area contributed by atoms with Crippen molar-refractivity contribution in [1.29, 1.82) is 0 Å². The Morgan fingerprint density at radius 2 is 1.04 bits per heavy atom. The quantitative estimate of drug-likeness (QED) is 0.203. The first kappa shape index (κ1) is 25.6. The topological polar surface area (TPSA) is 26.0 Å². The lowest BCUT2D eigenvalue weighted by molar-refractivity contribution is 0.979. The maximum atomic E-state index is 5.43. The van der Waals surface area contributed by atoms with E-state index in [1.54, 1.807) is 0 Å². The molecule has 0 aliphatic heterocycles. The number of aromatic nitrogens is 3. The summed E-state index contributed by atoms with van der Waals surface area (Å²) in [6, 6.07) is 49.6. The second-order valence-electron chi connectivity index (χ2n) is 11.6. The van der Waals surface area contributed by atoms with E-state index in [9.17, 15) is 0 Å². The van der Waals surface area contributed by atoms with E-state index in [0.29, 0.717) is 0 Å². The number of rotatable bonds is 5. The molecule has 0 spiro atoms. The maximum Gasteiger partial charge on any atom is 0.0972 e. The molecule has 0 N–H and O–H groups in total. The molecule has 0 radical (unpaired) electrons. The number of allylic oxidation sites excluding steroid dienone is 4. The third kappa shape index (κ3) is 4.10. The van der Waals surface area contributed by atoms with Crippen LogP contribution in [-0.4, -0.2) is 14.1 Å². The van der Waals surface area contributed by atoms with Crippen molar-refractivity contribution in [1.82, 2.24) is 14.1 Å². The monoisotopic (exact) mass is 578 g/mol. The van der Waals surface area contributed by atoms with Gasteiger partial charge in [-0.3, -0.25) is 0 Å². The lowest BCUT2D eigenvalue weighted by Crippen LogP contribution is -2.09. The molecular weight excluding hydrogens is 548 g/mol. The second-order valence-corrected chi connectivity index (χ2v) is 11.6. The van der Waals surface area contributed by atoms with Crippen LogP contribution in [0.5, 0.6) is 0 Å². The first-order valence-electron chi connectivity index (χ1n) is 15.6. The van der Waals surface area contributed by atoms with Gasteiger partial charge in [0.15, 0.2) is 0 Å². The van der Waals surface area contributed by atoms with Gasteiger partial charge < -0.3 is 14.0 Å². The highest BCUT2D eigenvalue weighted by atomic mass is 15.1. The first-order valence-corrected chi connectivity index (χ1v) is 15.6. The summed E-state index contributed by atoms with van der Waals surface area (Å²) in [6.45, 7) is 0. The zero-order valence-electron chi connectivity index (χ0n) is 24.7. The highest BCUT2D eigenvalue weighted by Crippen LogP contribution is 2.39. The molecule has 8 aromatic rings. The molecule has 4 heteroatoms. The van der Waals surface area contributed by atoms with Gasteiger partial charge >= 0.3 is 0 Å². The van der Waals surface area contributed by atoms with Gasteiger partial charge in [-0.05, 0) is 85.6 Å². The van der Waals surface area contributed by atoms with Gasteiger partial charge in [0.1, 0.15) is 0 Å². The number of nitrogens with zero attached hydrogens (tertiary/aromatic N) is 4. The van der Waals surface area contributed by atoms with Gasteiger partial charge in [-0.2, -0.15) is 0 Å². The number of benzene rings is 5. The number of anilines is 3. The van der Waals surface area contributed by atoms with Crippen molar-refractivity contribution in [2.45, 2.75) is 12.8 Å². The Labute approximate surface area is 261 Å². The van der Waals surface area contributed by atoms with Crippen LogP contribution in [-0.2, 0) is 0 Å². The average molecular weight is 579 g/mol. The van der Waals surface area contributed by atoms with E-state index < -0.39 is 0 Å². The Kier molecular flexibility index (Phi) is 5.91. The van der Waals surface area contributed by atoms with Crippen molar-refractivity contribution in [3.63, 3.8) is 0 Å². The standard InChI is InChI=1S/C41H30N4/c1-4-14-29(15-5-1)43(30-16-6-2-7-17-30)32-24-26-33(27-25-32)45-37-23-13-11-21-35(37)41-39(45)28-38-40(42-41)34-20-10-12-22-36(34)44(38)31-18-8-3-9-19-31/h1-8,10-18,20-28H,9,19H2. The molecular formula is C41H30N4. The smallest absolute Gasteiger partial charge is 0.0972 e. The Hall–Kier alpha value is -5.87. The van der Waals surface area contributed by atoms with Crippen LogP contribution >= 0.6 is 0 Å². The van der Waals surface area contributed by atoms with Crippen LogP contribution in [0.1, 0.15) is 12.8 Å². The first-order chi connectivity index (χ1) is 22.3. The fourth-order valence-corrected chi connectivity index (χ4v) is 6.94. The summed E-state index contributed by atoms with van der Waals surface area (Å²) in [5.41, 5.74) is 12.4. The molecule has 5 aromatic carbocycles. The average Bonchev–Trinajstić information content (AvgIpc) is 3.61. The van der Waals surface area contributed by atoms with Gasteiger partial charge in [-0.1, -0.05) is 84.9 Å². The highest BCUT2D eigenvalue weighted by Gasteiger charge is 2.21. The minimum Gasteiger partial charge on any atom is -0.311 e. The summed E-state index contributed by atoms with van der Waals surface area (Å²) in [4.78, 5) is 7.72. The maximum absolute atomic E-state index is 5.43. The molecule has 0 unspecified atom stereocenters. The molecule has 9 rings (SSSR count). The zero-order chi connectivity index (χ0) is 29.7. The van der Waals surface area contributed by atoms with E-state index in [1.165, 1.54) is 16.6 Å². The molecule has 1 aliphatic carbocycles. The van der Waals surface area contributed by atoms with Gasteiger partial charge in [0.2, 0.25) is 0 Å². The molecule has 0 saturated carbocycles. The fourth-order valence-electron chi connectivity index (χ4n) is 6.94. The SMILES string of the molecule is C1=CCCC(n2c3ccccc3c3nc4c5ccccc5n(-c5ccc(N(c6ccccc6)c6ccccc6)cc5)c4cc32)=C1. The van der Waals surface area contributed by atoms with Gasteiger partial charge in [0.05, 0.1) is 33.1 Å². The summed E-state index contributed by atoms with van der Waals surface area (Å²) < 4.78 is 4.79. The van der Waals surface area contributed by atoms with Crippen molar-refractivity contribution in [2.24, 2.45) is 0 Å². The Morgan fingerprint density at radius 3 is 1.64 bits per heavy atom. The van der Waals surface area contributed by atoms with Crippen molar-refractivity contribution in [3.8, 4) is 5.69 Å². The molecule has 0 amide bonds. The summed E-state index contributed by atoms with van der Waals surface area (Å²) >= 11 is 0. The largest absolute Gasteiger partial charge is 0.311 e. The molecule has 45 heavy (non-hydrogen) atoms. The van der Waals surface area contributed by atoms with E-state index >= 15 is 0 Å². The van der Waals surface area contributed by atoms with Gasteiger partial charge in [-0.15, -0.1) is 0 Å². The van der Waals surface area contributed by atoms with Crippen LogP contribution in [0.3, 0.4) is 0 Å². The zero-order valence-corrected chi connectivity index (χ0v) is 24.7. The summed E-state index contributed by atoms with van der Waals surface area (Å²) in [5, 5.41) is 2.35. The Balaban J connectivity index is 1.27. The number of hydrogen-bond acceptors (Lipinski definition) is 2. The number of fused-ring (bicyclic) bond motifs is 6. The molecule has 0 fully saturated rings. The van der Waals surface area contributed by atoms with E-state index in [-0.39, 0.29) is 0 Å². The van der Waals surface area contributed by atoms with Crippen LogP contribution in [0, 0.1) is 0 Å². The molecule has 214 valence electrons. The molecule has 0 saturated heterocycles. The summed E-state index contributed by atoms with van der Waals surface area (Å²) in [5.74, 6) is 0. The summed E-state index contributed by atoms with van der Waals surface area (Å²) in [6.07, 6.45) is 8.72. The molecule has 3 heterocycles. The fraction of sp³-hybridized carbons (Fsp3) is 0.0488. The van der Waals surface area contributed by atoms with Crippen LogP contribution < -0.4 is 4.90 Å². The van der Waals surface area contributed by atoms with E-state index in [4.69, 9.17) is 4.98 Å². The molecule has 4 nitrogen and oxygen atoms in total. The third-order valence-corrected chi connectivity index (χ3v) is 8.94. The Bertz CT molecular complexity index is 2370. The molecule has 0 atom stereocenters. The van der Waals surface area contributed by atoms with Crippen LogP contribution in [0.2, 0.25) is 0 Å². The normalized spacial score (nSPS) is 13.2. The van der Waals surface area contributed by atoms with E-state index in [2.05, 4.69) is 172 Å². The third-order valence-electron chi connectivity index (χ3n) is 8.94. The van der Waals surface area contributed by atoms with Crippen molar-refractivity contribution >= 4 is 66.6 Å². The molecule has 1 aliphatic rings. The van der Waals surface area contributed by atoms with Gasteiger partial charge in [0, 0.05) is 39.2 Å². The van der Waals surface area contributed by atoms with Gasteiger partial charge in [0.25, 0.3) is 0 Å². The molecule has 3 aromatic heterocycles. The van der Waals surface area contributed by atoms with Crippen molar-refractivity contribution in [2.75, 3.05) is 4.90 Å². The van der Waals surface area contributed by atoms with Crippen LogP contribution in [0.15, 0.2) is 158 Å².